The van der Waals surface area contributed by atoms with Gasteiger partial charge in [0, 0.05) is 31.4 Å². The Balaban J connectivity index is 2.25. The summed E-state index contributed by atoms with van der Waals surface area (Å²) >= 11 is 0. The molecule has 0 aromatic heterocycles. The van der Waals surface area contributed by atoms with Crippen LogP contribution in [0.25, 0.3) is 6.08 Å². The van der Waals surface area contributed by atoms with Gasteiger partial charge in [-0.05, 0) is 30.3 Å². The van der Waals surface area contributed by atoms with Gasteiger partial charge in [-0.25, -0.2) is 17.1 Å². The molecule has 138 valence electrons. The summed E-state index contributed by atoms with van der Waals surface area (Å²) in [5.74, 6) is -0.800. The Morgan fingerprint density at radius 3 is 2.50 bits per heavy atom. The largest absolute Gasteiger partial charge is 0.495 e. The molecule has 1 N–H and O–H groups in total. The van der Waals surface area contributed by atoms with Gasteiger partial charge >= 0.3 is 0 Å². The lowest BCUT2D eigenvalue weighted by atomic mass is 10.2. The van der Waals surface area contributed by atoms with Gasteiger partial charge in [-0.2, -0.15) is 0 Å². The summed E-state index contributed by atoms with van der Waals surface area (Å²) in [6, 6.07) is 10.3. The number of methoxy groups -OCH3 is 1. The Kier molecular flexibility index (Phi) is 6.12. The van der Waals surface area contributed by atoms with E-state index in [-0.39, 0.29) is 21.9 Å². The fourth-order valence-corrected chi connectivity index (χ4v) is 3.19. The molecule has 2 aromatic rings. The number of nitrogens with one attached hydrogen (secondary N) is 1. The molecule has 0 aliphatic rings. The van der Waals surface area contributed by atoms with E-state index in [1.807, 2.05) is 0 Å². The summed E-state index contributed by atoms with van der Waals surface area (Å²) in [6.45, 7) is 0. The van der Waals surface area contributed by atoms with Gasteiger partial charge in [0.05, 0.1) is 7.11 Å². The van der Waals surface area contributed by atoms with E-state index >= 15 is 0 Å². The fourth-order valence-electron chi connectivity index (χ4n) is 2.11. The van der Waals surface area contributed by atoms with Gasteiger partial charge < -0.3 is 10.1 Å². The summed E-state index contributed by atoms with van der Waals surface area (Å²) < 4.78 is 44.4. The van der Waals surface area contributed by atoms with Crippen molar-refractivity contribution in [1.29, 1.82) is 0 Å². The first kappa shape index (κ1) is 19.6. The first-order chi connectivity index (χ1) is 12.3. The highest BCUT2D eigenvalue weighted by Crippen LogP contribution is 2.28. The number of rotatable bonds is 6. The van der Waals surface area contributed by atoms with Gasteiger partial charge in [-0.15, -0.1) is 0 Å². The third-order valence-corrected chi connectivity index (χ3v) is 5.35. The normalized spacial score (nSPS) is 11.7. The lowest BCUT2D eigenvalue weighted by Gasteiger charge is -2.15. The molecule has 0 atom stereocenters. The molecule has 2 rings (SSSR count). The van der Waals surface area contributed by atoms with Crippen molar-refractivity contribution in [3.05, 3.63) is 59.9 Å². The van der Waals surface area contributed by atoms with Crippen LogP contribution >= 0.6 is 0 Å². The topological polar surface area (TPSA) is 75.7 Å². The Hall–Kier alpha value is -2.71. The second-order valence-electron chi connectivity index (χ2n) is 5.50. The minimum atomic E-state index is -3.75. The number of hydrogen-bond acceptors (Lipinski definition) is 4. The minimum absolute atomic E-state index is 0.0686. The van der Waals surface area contributed by atoms with Crippen LogP contribution in [0.3, 0.4) is 0 Å². The minimum Gasteiger partial charge on any atom is -0.495 e. The first-order valence-corrected chi connectivity index (χ1v) is 9.04. The maximum absolute atomic E-state index is 13.5. The van der Waals surface area contributed by atoms with Crippen LogP contribution in [-0.4, -0.2) is 39.8 Å². The van der Waals surface area contributed by atoms with Crippen LogP contribution in [0.1, 0.15) is 5.56 Å². The van der Waals surface area contributed by atoms with Crippen molar-refractivity contribution in [2.45, 2.75) is 4.90 Å². The van der Waals surface area contributed by atoms with E-state index in [4.69, 9.17) is 4.74 Å². The van der Waals surface area contributed by atoms with E-state index in [1.54, 1.807) is 12.1 Å². The molecule has 0 unspecified atom stereocenters. The van der Waals surface area contributed by atoms with E-state index < -0.39 is 21.7 Å². The number of halogens is 1. The van der Waals surface area contributed by atoms with E-state index in [9.17, 15) is 17.6 Å². The molecule has 0 aliphatic carbocycles. The molecule has 0 aliphatic heterocycles. The Morgan fingerprint density at radius 2 is 1.88 bits per heavy atom. The van der Waals surface area contributed by atoms with Crippen molar-refractivity contribution in [1.82, 2.24) is 4.31 Å². The quantitative estimate of drug-likeness (QED) is 0.785. The summed E-state index contributed by atoms with van der Waals surface area (Å²) in [6.07, 6.45) is 2.51. The summed E-state index contributed by atoms with van der Waals surface area (Å²) in [5.41, 5.74) is 0.544. The SMILES string of the molecule is COc1ccc(NC(=O)/C=C/c2ccccc2F)cc1S(=O)(=O)N(C)C. The molecule has 0 bridgehead atoms. The third kappa shape index (κ3) is 4.47. The van der Waals surface area contributed by atoms with Crippen LogP contribution in [0.2, 0.25) is 0 Å². The zero-order chi connectivity index (χ0) is 19.3. The van der Waals surface area contributed by atoms with Crippen molar-refractivity contribution in [3.63, 3.8) is 0 Å². The fraction of sp³-hybridized carbons (Fsp3) is 0.167. The molecule has 2 aromatic carbocycles. The van der Waals surface area contributed by atoms with Crippen LogP contribution in [0.4, 0.5) is 10.1 Å². The molecular weight excluding hydrogens is 359 g/mol. The maximum atomic E-state index is 13.5. The molecule has 8 heteroatoms. The number of carbonyl (C=O) groups is 1. The van der Waals surface area contributed by atoms with E-state index in [0.29, 0.717) is 0 Å². The standard InChI is InChI=1S/C18H19FN2O4S/c1-21(2)26(23,24)17-12-14(9-10-16(17)25-3)20-18(22)11-8-13-6-4-5-7-15(13)19/h4-12H,1-3H3,(H,20,22)/b11-8+. The number of hydrogen-bond donors (Lipinski definition) is 1. The summed E-state index contributed by atoms with van der Waals surface area (Å²) in [4.78, 5) is 12.0. The molecule has 0 saturated carbocycles. The first-order valence-electron chi connectivity index (χ1n) is 7.60. The van der Waals surface area contributed by atoms with Crippen molar-refractivity contribution < 1.29 is 22.3 Å². The molecule has 0 spiro atoms. The molecule has 0 radical (unpaired) electrons. The smallest absolute Gasteiger partial charge is 0.248 e. The number of nitrogens with zero attached hydrogens (tertiary/aromatic N) is 1. The number of ether oxygens (including phenoxy) is 1. The molecule has 0 heterocycles. The molecule has 0 fully saturated rings. The zero-order valence-corrected chi connectivity index (χ0v) is 15.4. The second-order valence-corrected chi connectivity index (χ2v) is 7.62. The monoisotopic (exact) mass is 378 g/mol. The molecule has 0 saturated heterocycles. The van der Waals surface area contributed by atoms with Crippen molar-refractivity contribution in [2.24, 2.45) is 0 Å². The highest BCUT2D eigenvalue weighted by Gasteiger charge is 2.22. The number of amides is 1. The molecule has 1 amide bonds. The number of sulfonamides is 1. The van der Waals surface area contributed by atoms with Gasteiger partial charge in [-0.3, -0.25) is 4.79 Å². The van der Waals surface area contributed by atoms with Gasteiger partial charge in [0.2, 0.25) is 15.9 Å². The molecule has 26 heavy (non-hydrogen) atoms. The maximum Gasteiger partial charge on any atom is 0.248 e. The second kappa shape index (κ2) is 8.11. The number of anilines is 1. The predicted molar refractivity (Wildman–Crippen MR) is 97.9 cm³/mol. The van der Waals surface area contributed by atoms with Gasteiger partial charge in [0.1, 0.15) is 16.5 Å². The van der Waals surface area contributed by atoms with Crippen LogP contribution in [0.15, 0.2) is 53.4 Å². The van der Waals surface area contributed by atoms with E-state index in [1.165, 1.54) is 63.7 Å². The Labute approximate surface area is 151 Å². The highest BCUT2D eigenvalue weighted by atomic mass is 32.2. The van der Waals surface area contributed by atoms with Crippen molar-refractivity contribution in [2.75, 3.05) is 26.5 Å². The predicted octanol–water partition coefficient (Wildman–Crippen LogP) is 2.74. The number of benzene rings is 2. The molecule has 6 nitrogen and oxygen atoms in total. The van der Waals surface area contributed by atoms with Crippen molar-refractivity contribution >= 4 is 27.7 Å². The Bertz CT molecular complexity index is 940. The average Bonchev–Trinajstić information content (AvgIpc) is 2.60. The van der Waals surface area contributed by atoms with Gasteiger partial charge in [0.15, 0.2) is 0 Å². The zero-order valence-electron chi connectivity index (χ0n) is 14.6. The van der Waals surface area contributed by atoms with Gasteiger partial charge in [-0.1, -0.05) is 18.2 Å². The van der Waals surface area contributed by atoms with Crippen molar-refractivity contribution in [3.8, 4) is 5.75 Å². The third-order valence-electron chi connectivity index (χ3n) is 3.51. The summed E-state index contributed by atoms with van der Waals surface area (Å²) in [7, 11) is 0.411. The van der Waals surface area contributed by atoms with Crippen LogP contribution in [-0.2, 0) is 14.8 Å². The lowest BCUT2D eigenvalue weighted by Crippen LogP contribution is -2.23. The van der Waals surface area contributed by atoms with Crippen LogP contribution < -0.4 is 10.1 Å². The Morgan fingerprint density at radius 1 is 1.19 bits per heavy atom. The molecular formula is C18H19FN2O4S. The number of carbonyl (C=O) groups excluding carboxylic acids is 1. The van der Waals surface area contributed by atoms with E-state index in [0.717, 1.165) is 4.31 Å². The lowest BCUT2D eigenvalue weighted by molar-refractivity contribution is -0.111. The average molecular weight is 378 g/mol. The van der Waals surface area contributed by atoms with E-state index in [2.05, 4.69) is 5.32 Å². The highest BCUT2D eigenvalue weighted by molar-refractivity contribution is 7.89. The van der Waals surface area contributed by atoms with Gasteiger partial charge in [0.25, 0.3) is 0 Å². The van der Waals surface area contributed by atoms with Crippen LogP contribution in [0.5, 0.6) is 5.75 Å². The van der Waals surface area contributed by atoms with Crippen LogP contribution in [0, 0.1) is 5.82 Å². The summed E-state index contributed by atoms with van der Waals surface area (Å²) in [5, 5.41) is 2.55.